The van der Waals surface area contributed by atoms with Gasteiger partial charge in [0.05, 0.1) is 30.5 Å². The van der Waals surface area contributed by atoms with Gasteiger partial charge in [-0.1, -0.05) is 20.8 Å². The Kier molecular flexibility index (Phi) is 5.82. The number of ketones is 1. The molecule has 0 bridgehead atoms. The number of aromatic nitrogens is 3. The fourth-order valence-electron chi connectivity index (χ4n) is 3.46. The van der Waals surface area contributed by atoms with E-state index in [9.17, 15) is 9.59 Å². The Morgan fingerprint density at radius 3 is 2.68 bits per heavy atom. The standard InChI is InChI=1S/C20H26BrN3O4/c1-12(25)13-10-23-14(9-15(13)26)18-17(21)19(28-8-6-7-27-5)22-24(18)11-16(23)20(2,3)4/h9-10,16H,6-8,11H2,1-5H3/t16-/m0/s1. The number of fused-ring (bicyclic) bond motifs is 3. The van der Waals surface area contributed by atoms with Crippen LogP contribution in [0, 0.1) is 5.41 Å². The number of ether oxygens (including phenoxy) is 2. The second kappa shape index (κ2) is 7.83. The molecular formula is C20H26BrN3O4. The van der Waals surface area contributed by atoms with E-state index in [1.807, 2.05) is 9.25 Å². The summed E-state index contributed by atoms with van der Waals surface area (Å²) < 4.78 is 15.5. The van der Waals surface area contributed by atoms with Crippen LogP contribution in [0.15, 0.2) is 21.5 Å². The third-order valence-corrected chi connectivity index (χ3v) is 5.69. The lowest BCUT2D eigenvalue weighted by Crippen LogP contribution is -2.35. The zero-order chi connectivity index (χ0) is 20.6. The molecule has 1 atom stereocenters. The third-order valence-electron chi connectivity index (χ3n) is 4.98. The summed E-state index contributed by atoms with van der Waals surface area (Å²) in [5.74, 6) is 0.267. The summed E-state index contributed by atoms with van der Waals surface area (Å²) in [6, 6.07) is 1.56. The minimum Gasteiger partial charge on any atom is -0.476 e. The van der Waals surface area contributed by atoms with Crippen molar-refractivity contribution in [3.63, 3.8) is 0 Å². The van der Waals surface area contributed by atoms with Gasteiger partial charge in [0.1, 0.15) is 10.2 Å². The molecule has 1 aliphatic heterocycles. The smallest absolute Gasteiger partial charge is 0.248 e. The molecule has 0 saturated heterocycles. The molecule has 0 fully saturated rings. The number of carbonyl (C=O) groups excluding carboxylic acids is 1. The van der Waals surface area contributed by atoms with E-state index < -0.39 is 0 Å². The van der Waals surface area contributed by atoms with Gasteiger partial charge < -0.3 is 14.0 Å². The summed E-state index contributed by atoms with van der Waals surface area (Å²) in [4.78, 5) is 24.5. The SMILES string of the molecule is COCCCOc1nn2c(c1Br)-c1cc(=O)c(C(C)=O)cn1[C@H](C(C)(C)C)C2. The van der Waals surface area contributed by atoms with Crippen molar-refractivity contribution in [3.05, 3.63) is 32.5 Å². The van der Waals surface area contributed by atoms with Crippen LogP contribution in [-0.2, 0) is 11.3 Å². The number of hydrogen-bond donors (Lipinski definition) is 0. The molecule has 3 rings (SSSR count). The van der Waals surface area contributed by atoms with Gasteiger partial charge in [-0.05, 0) is 28.3 Å². The maximum atomic E-state index is 12.5. The molecule has 3 heterocycles. The minimum absolute atomic E-state index is 0.0295. The van der Waals surface area contributed by atoms with E-state index in [-0.39, 0.29) is 28.2 Å². The molecule has 28 heavy (non-hydrogen) atoms. The van der Waals surface area contributed by atoms with Crippen molar-refractivity contribution >= 4 is 21.7 Å². The number of nitrogens with zero attached hydrogens (tertiary/aromatic N) is 3. The minimum atomic E-state index is -0.282. The highest BCUT2D eigenvalue weighted by Crippen LogP contribution is 2.44. The molecule has 0 N–H and O–H groups in total. The molecule has 7 nitrogen and oxygen atoms in total. The van der Waals surface area contributed by atoms with E-state index in [1.165, 1.54) is 13.0 Å². The molecule has 0 spiro atoms. The van der Waals surface area contributed by atoms with Crippen molar-refractivity contribution in [2.45, 2.75) is 46.7 Å². The predicted octanol–water partition coefficient (Wildman–Crippen LogP) is 3.69. The van der Waals surface area contributed by atoms with Crippen LogP contribution in [0.1, 0.15) is 50.5 Å². The molecule has 0 aromatic carbocycles. The summed E-state index contributed by atoms with van der Waals surface area (Å²) in [5.41, 5.74) is 1.34. The van der Waals surface area contributed by atoms with Crippen molar-refractivity contribution < 1.29 is 14.3 Å². The molecule has 2 aromatic rings. The van der Waals surface area contributed by atoms with Gasteiger partial charge in [0.2, 0.25) is 5.88 Å². The zero-order valence-corrected chi connectivity index (χ0v) is 18.5. The van der Waals surface area contributed by atoms with Crippen LogP contribution < -0.4 is 10.2 Å². The van der Waals surface area contributed by atoms with Crippen molar-refractivity contribution in [1.29, 1.82) is 0 Å². The Bertz CT molecular complexity index is 956. The van der Waals surface area contributed by atoms with Gasteiger partial charge in [0.15, 0.2) is 11.2 Å². The number of hydrogen-bond acceptors (Lipinski definition) is 5. The van der Waals surface area contributed by atoms with E-state index in [0.29, 0.717) is 30.1 Å². The van der Waals surface area contributed by atoms with Crippen LogP contribution in [0.25, 0.3) is 11.4 Å². The van der Waals surface area contributed by atoms with Crippen molar-refractivity contribution in [1.82, 2.24) is 14.3 Å². The first-order chi connectivity index (χ1) is 13.1. The Morgan fingerprint density at radius 2 is 2.07 bits per heavy atom. The first-order valence-electron chi connectivity index (χ1n) is 9.30. The summed E-state index contributed by atoms with van der Waals surface area (Å²) in [7, 11) is 1.65. The average Bonchev–Trinajstić information content (AvgIpc) is 2.92. The molecular weight excluding hydrogens is 426 g/mol. The van der Waals surface area contributed by atoms with Crippen molar-refractivity contribution in [2.75, 3.05) is 20.3 Å². The lowest BCUT2D eigenvalue weighted by Gasteiger charge is -2.38. The highest BCUT2D eigenvalue weighted by Gasteiger charge is 2.36. The van der Waals surface area contributed by atoms with E-state index in [2.05, 4.69) is 41.8 Å². The molecule has 0 aliphatic carbocycles. The Labute approximate surface area is 172 Å². The highest BCUT2D eigenvalue weighted by atomic mass is 79.9. The van der Waals surface area contributed by atoms with E-state index >= 15 is 0 Å². The second-order valence-electron chi connectivity index (χ2n) is 8.13. The summed E-state index contributed by atoms with van der Waals surface area (Å²) >= 11 is 3.60. The number of carbonyl (C=O) groups is 1. The van der Waals surface area contributed by atoms with E-state index in [1.54, 1.807) is 13.3 Å². The van der Waals surface area contributed by atoms with Gasteiger partial charge in [-0.15, -0.1) is 5.10 Å². The lowest BCUT2D eigenvalue weighted by molar-refractivity contribution is 0.101. The van der Waals surface area contributed by atoms with Crippen LogP contribution >= 0.6 is 15.9 Å². The monoisotopic (exact) mass is 451 g/mol. The fraction of sp³-hybridized carbons (Fsp3) is 0.550. The predicted molar refractivity (Wildman–Crippen MR) is 110 cm³/mol. The average molecular weight is 452 g/mol. The Balaban J connectivity index is 2.11. The Morgan fingerprint density at radius 1 is 1.36 bits per heavy atom. The summed E-state index contributed by atoms with van der Waals surface area (Å²) in [6.45, 7) is 9.55. The second-order valence-corrected chi connectivity index (χ2v) is 8.92. The number of rotatable bonds is 6. The first-order valence-corrected chi connectivity index (χ1v) is 10.1. The van der Waals surface area contributed by atoms with Crippen molar-refractivity contribution in [2.24, 2.45) is 5.41 Å². The van der Waals surface area contributed by atoms with E-state index in [0.717, 1.165) is 17.8 Å². The topological polar surface area (TPSA) is 75.3 Å². The van der Waals surface area contributed by atoms with E-state index in [4.69, 9.17) is 9.47 Å². The normalized spacial score (nSPS) is 15.9. The van der Waals surface area contributed by atoms with Gasteiger partial charge in [-0.3, -0.25) is 14.3 Å². The number of Topliss-reactive ketones (excluding diaryl/α,β-unsaturated/α-hetero) is 1. The van der Waals surface area contributed by atoms with Gasteiger partial charge in [0.25, 0.3) is 0 Å². The van der Waals surface area contributed by atoms with Gasteiger partial charge in [-0.2, -0.15) is 0 Å². The van der Waals surface area contributed by atoms with Gasteiger partial charge in [0, 0.05) is 32.4 Å². The molecule has 8 heteroatoms. The largest absolute Gasteiger partial charge is 0.476 e. The fourth-order valence-corrected chi connectivity index (χ4v) is 4.07. The molecule has 1 aliphatic rings. The van der Waals surface area contributed by atoms with Crippen LogP contribution in [0.4, 0.5) is 0 Å². The van der Waals surface area contributed by atoms with Gasteiger partial charge in [-0.25, -0.2) is 0 Å². The van der Waals surface area contributed by atoms with Crippen LogP contribution in [-0.4, -0.2) is 40.5 Å². The zero-order valence-electron chi connectivity index (χ0n) is 16.9. The highest BCUT2D eigenvalue weighted by molar-refractivity contribution is 9.10. The molecule has 0 radical (unpaired) electrons. The van der Waals surface area contributed by atoms with Crippen LogP contribution in [0.5, 0.6) is 5.88 Å². The number of methoxy groups -OCH3 is 1. The summed E-state index contributed by atoms with van der Waals surface area (Å²) in [6.07, 6.45) is 2.45. The number of pyridine rings is 1. The number of halogens is 1. The third kappa shape index (κ3) is 3.80. The molecule has 2 aromatic heterocycles. The molecule has 0 amide bonds. The Hall–Kier alpha value is -1.93. The maximum absolute atomic E-state index is 12.5. The van der Waals surface area contributed by atoms with Crippen LogP contribution in [0.3, 0.4) is 0 Å². The maximum Gasteiger partial charge on any atom is 0.248 e. The van der Waals surface area contributed by atoms with Crippen LogP contribution in [0.2, 0.25) is 0 Å². The van der Waals surface area contributed by atoms with Crippen molar-refractivity contribution in [3.8, 4) is 17.3 Å². The van der Waals surface area contributed by atoms with Gasteiger partial charge >= 0.3 is 0 Å². The lowest BCUT2D eigenvalue weighted by atomic mass is 9.85. The molecule has 0 unspecified atom stereocenters. The summed E-state index contributed by atoms with van der Waals surface area (Å²) in [5, 5.41) is 4.62. The molecule has 0 saturated carbocycles. The first kappa shape index (κ1) is 20.8. The molecule has 152 valence electrons. The quantitative estimate of drug-likeness (QED) is 0.494.